The fourth-order valence-electron chi connectivity index (χ4n) is 3.43. The second kappa shape index (κ2) is 4.66. The number of hydrogen-bond donors (Lipinski definition) is 1. The number of nitrogens with zero attached hydrogens (tertiary/aromatic N) is 1. The van der Waals surface area contributed by atoms with Crippen LogP contribution in [0.4, 0.5) is 0 Å². The number of carbonyl (C=O) groups excluding carboxylic acids is 1. The van der Waals surface area contributed by atoms with Crippen molar-refractivity contribution in [2.24, 2.45) is 17.6 Å². The van der Waals surface area contributed by atoms with Crippen LogP contribution in [-0.2, 0) is 4.79 Å². The van der Waals surface area contributed by atoms with Crippen LogP contribution < -0.4 is 15.2 Å². The summed E-state index contributed by atoms with van der Waals surface area (Å²) in [5, 5.41) is 0. The van der Waals surface area contributed by atoms with E-state index >= 15 is 0 Å². The number of nitrogens with two attached hydrogens (primary N) is 1. The van der Waals surface area contributed by atoms with Gasteiger partial charge in [-0.05, 0) is 23.6 Å². The van der Waals surface area contributed by atoms with Crippen molar-refractivity contribution in [2.45, 2.75) is 19.0 Å². The molecule has 1 saturated heterocycles. The second-order valence-corrected chi connectivity index (χ2v) is 5.55. The van der Waals surface area contributed by atoms with Gasteiger partial charge in [0, 0.05) is 25.4 Å². The molecule has 3 rings (SSSR count). The summed E-state index contributed by atoms with van der Waals surface area (Å²) in [7, 11) is 3.23. The van der Waals surface area contributed by atoms with Gasteiger partial charge in [0.05, 0.1) is 20.3 Å². The van der Waals surface area contributed by atoms with Crippen LogP contribution in [-0.4, -0.2) is 37.6 Å². The van der Waals surface area contributed by atoms with Crippen molar-refractivity contribution in [1.82, 2.24) is 4.90 Å². The number of benzene rings is 1. The first-order chi connectivity index (χ1) is 9.58. The van der Waals surface area contributed by atoms with Crippen molar-refractivity contribution in [3.63, 3.8) is 0 Å². The minimum atomic E-state index is 0.0623. The van der Waals surface area contributed by atoms with Gasteiger partial charge < -0.3 is 20.1 Å². The third-order valence-electron chi connectivity index (χ3n) is 4.55. The molecule has 5 heteroatoms. The lowest BCUT2D eigenvalue weighted by Gasteiger charge is -2.28. The SMILES string of the molecule is COc1ccc(C2C3C(N)C3CN2C(C)=O)cc1OC. The Morgan fingerprint density at radius 3 is 2.60 bits per heavy atom. The van der Waals surface area contributed by atoms with E-state index in [0.717, 1.165) is 12.1 Å². The van der Waals surface area contributed by atoms with E-state index in [9.17, 15) is 4.79 Å². The Kier molecular flexibility index (Phi) is 3.09. The molecule has 1 heterocycles. The van der Waals surface area contributed by atoms with E-state index in [4.69, 9.17) is 15.2 Å². The molecule has 1 saturated carbocycles. The van der Waals surface area contributed by atoms with Gasteiger partial charge in [-0.3, -0.25) is 4.79 Å². The van der Waals surface area contributed by atoms with E-state index in [1.165, 1.54) is 0 Å². The van der Waals surface area contributed by atoms with Crippen LogP contribution in [0, 0.1) is 11.8 Å². The monoisotopic (exact) mass is 276 g/mol. The molecule has 1 amide bonds. The van der Waals surface area contributed by atoms with Gasteiger partial charge in [-0.25, -0.2) is 0 Å². The van der Waals surface area contributed by atoms with E-state index < -0.39 is 0 Å². The number of piperidine rings is 1. The van der Waals surface area contributed by atoms with E-state index in [-0.39, 0.29) is 18.0 Å². The number of fused-ring (bicyclic) bond motifs is 1. The van der Waals surface area contributed by atoms with Crippen molar-refractivity contribution in [3.8, 4) is 11.5 Å². The summed E-state index contributed by atoms with van der Waals surface area (Å²) in [6.45, 7) is 2.38. The fourth-order valence-corrected chi connectivity index (χ4v) is 3.43. The van der Waals surface area contributed by atoms with Crippen molar-refractivity contribution < 1.29 is 14.3 Å². The largest absolute Gasteiger partial charge is 0.493 e. The molecular weight excluding hydrogens is 256 g/mol. The minimum Gasteiger partial charge on any atom is -0.493 e. The summed E-state index contributed by atoms with van der Waals surface area (Å²) in [5.41, 5.74) is 7.16. The van der Waals surface area contributed by atoms with Crippen LogP contribution in [0.3, 0.4) is 0 Å². The van der Waals surface area contributed by atoms with Gasteiger partial charge in [0.2, 0.25) is 5.91 Å². The number of likely N-dealkylation sites (tertiary alicyclic amines) is 1. The maximum absolute atomic E-state index is 11.8. The highest BCUT2D eigenvalue weighted by Crippen LogP contribution is 2.56. The Morgan fingerprint density at radius 2 is 2.00 bits per heavy atom. The molecule has 108 valence electrons. The van der Waals surface area contributed by atoms with Crippen LogP contribution in [0.15, 0.2) is 18.2 Å². The highest BCUT2D eigenvalue weighted by molar-refractivity contribution is 5.75. The van der Waals surface area contributed by atoms with Crippen LogP contribution in [0.5, 0.6) is 11.5 Å². The van der Waals surface area contributed by atoms with E-state index in [1.54, 1.807) is 21.1 Å². The molecule has 2 N–H and O–H groups in total. The first kappa shape index (κ1) is 13.2. The molecule has 5 nitrogen and oxygen atoms in total. The molecule has 4 atom stereocenters. The number of methoxy groups -OCH3 is 2. The minimum absolute atomic E-state index is 0.0623. The lowest BCUT2D eigenvalue weighted by atomic mass is 10.0. The van der Waals surface area contributed by atoms with Gasteiger partial charge in [-0.1, -0.05) is 6.07 Å². The lowest BCUT2D eigenvalue weighted by molar-refractivity contribution is -0.130. The van der Waals surface area contributed by atoms with Crippen molar-refractivity contribution >= 4 is 5.91 Å². The maximum atomic E-state index is 11.8. The molecule has 0 bridgehead atoms. The van der Waals surface area contributed by atoms with Crippen LogP contribution in [0.1, 0.15) is 18.5 Å². The van der Waals surface area contributed by atoms with Gasteiger partial charge in [-0.2, -0.15) is 0 Å². The third kappa shape index (κ3) is 1.85. The van der Waals surface area contributed by atoms with Crippen molar-refractivity contribution in [2.75, 3.05) is 20.8 Å². The first-order valence-electron chi connectivity index (χ1n) is 6.83. The highest BCUT2D eigenvalue weighted by atomic mass is 16.5. The fraction of sp³-hybridized carbons (Fsp3) is 0.533. The average molecular weight is 276 g/mol. The zero-order valence-corrected chi connectivity index (χ0v) is 12.0. The summed E-state index contributed by atoms with van der Waals surface area (Å²) in [5.74, 6) is 2.30. The number of hydrogen-bond acceptors (Lipinski definition) is 4. The average Bonchev–Trinajstić information content (AvgIpc) is 2.90. The highest BCUT2D eigenvalue weighted by Gasteiger charge is 2.60. The number of amides is 1. The lowest BCUT2D eigenvalue weighted by Crippen LogP contribution is -2.35. The summed E-state index contributed by atoms with van der Waals surface area (Å²) >= 11 is 0. The normalized spacial score (nSPS) is 30.9. The van der Waals surface area contributed by atoms with Gasteiger partial charge in [0.15, 0.2) is 11.5 Å². The Labute approximate surface area is 118 Å². The molecule has 2 fully saturated rings. The van der Waals surface area contributed by atoms with Crippen molar-refractivity contribution in [3.05, 3.63) is 23.8 Å². The van der Waals surface area contributed by atoms with Gasteiger partial charge in [0.25, 0.3) is 0 Å². The zero-order chi connectivity index (χ0) is 14.4. The van der Waals surface area contributed by atoms with Crippen LogP contribution >= 0.6 is 0 Å². The second-order valence-electron chi connectivity index (χ2n) is 5.55. The number of rotatable bonds is 3. The maximum Gasteiger partial charge on any atom is 0.219 e. The molecule has 0 spiro atoms. The Bertz CT molecular complexity index is 546. The summed E-state index contributed by atoms with van der Waals surface area (Å²) in [4.78, 5) is 13.7. The zero-order valence-electron chi connectivity index (χ0n) is 12.0. The standard InChI is InChI=1S/C15H20N2O3/c1-8(18)17-7-10-13(14(10)16)15(17)9-4-5-11(19-2)12(6-9)20-3/h4-6,10,13-15H,7,16H2,1-3H3. The molecule has 1 aromatic carbocycles. The first-order valence-corrected chi connectivity index (χ1v) is 6.83. The van der Waals surface area contributed by atoms with E-state index in [2.05, 4.69) is 0 Å². The summed E-state index contributed by atoms with van der Waals surface area (Å²) in [6.07, 6.45) is 0. The molecule has 1 aliphatic carbocycles. The molecule has 2 aliphatic rings. The topological polar surface area (TPSA) is 64.8 Å². The summed E-state index contributed by atoms with van der Waals surface area (Å²) in [6, 6.07) is 6.10. The Hall–Kier alpha value is -1.75. The summed E-state index contributed by atoms with van der Waals surface area (Å²) < 4.78 is 10.6. The van der Waals surface area contributed by atoms with Gasteiger partial charge in [0.1, 0.15) is 0 Å². The number of carbonyl (C=O) groups is 1. The van der Waals surface area contributed by atoms with Gasteiger partial charge >= 0.3 is 0 Å². The van der Waals surface area contributed by atoms with E-state index in [1.807, 2.05) is 23.1 Å². The molecule has 0 aromatic heterocycles. The molecule has 1 aromatic rings. The molecule has 20 heavy (non-hydrogen) atoms. The molecular formula is C15H20N2O3. The molecule has 1 aliphatic heterocycles. The molecule has 4 unspecified atom stereocenters. The van der Waals surface area contributed by atoms with Crippen LogP contribution in [0.25, 0.3) is 0 Å². The number of ether oxygens (including phenoxy) is 2. The smallest absolute Gasteiger partial charge is 0.219 e. The van der Waals surface area contributed by atoms with E-state index in [0.29, 0.717) is 23.3 Å². The van der Waals surface area contributed by atoms with Crippen LogP contribution in [0.2, 0.25) is 0 Å². The Balaban J connectivity index is 1.96. The van der Waals surface area contributed by atoms with Gasteiger partial charge in [-0.15, -0.1) is 0 Å². The predicted molar refractivity (Wildman–Crippen MR) is 74.6 cm³/mol. The quantitative estimate of drug-likeness (QED) is 0.900. The third-order valence-corrected chi connectivity index (χ3v) is 4.55. The predicted octanol–water partition coefficient (Wildman–Crippen LogP) is 1.18. The van der Waals surface area contributed by atoms with Crippen molar-refractivity contribution in [1.29, 1.82) is 0 Å². The Morgan fingerprint density at radius 1 is 1.30 bits per heavy atom. The molecule has 0 radical (unpaired) electrons.